The number of alkyl halides is 3. The Hall–Kier alpha value is -2.58. The zero-order valence-corrected chi connectivity index (χ0v) is 13.8. The molecule has 1 aliphatic heterocycles. The molecule has 2 aromatic rings. The molecule has 5 nitrogen and oxygen atoms in total. The molecule has 0 aromatic heterocycles. The van der Waals surface area contributed by atoms with Crippen LogP contribution in [0.5, 0.6) is 5.75 Å². The van der Waals surface area contributed by atoms with Gasteiger partial charge < -0.3 is 10.2 Å². The lowest BCUT2D eigenvalue weighted by molar-refractivity contribution is -0.0816. The molecule has 0 spiro atoms. The highest BCUT2D eigenvalue weighted by atomic mass is 35.5. The first-order valence-electron chi connectivity index (χ1n) is 7.38. The Balaban J connectivity index is 2.10. The number of phenols is 1. The van der Waals surface area contributed by atoms with E-state index in [-0.39, 0.29) is 11.1 Å². The van der Waals surface area contributed by atoms with E-state index in [1.54, 1.807) is 0 Å². The summed E-state index contributed by atoms with van der Waals surface area (Å²) in [5.74, 6) is -1.51. The number of hydrogen-bond donors (Lipinski definition) is 2. The molecular formula is C17H12ClF3N2O3. The summed E-state index contributed by atoms with van der Waals surface area (Å²) in [6, 6.07) is 10.7. The van der Waals surface area contributed by atoms with Gasteiger partial charge in [0.25, 0.3) is 5.91 Å². The first kappa shape index (κ1) is 18.2. The average Bonchev–Trinajstić information content (AvgIpc) is 2.94. The predicted octanol–water partition coefficient (Wildman–Crippen LogP) is 3.66. The van der Waals surface area contributed by atoms with E-state index < -0.39 is 35.7 Å². The highest BCUT2D eigenvalue weighted by Gasteiger charge is 2.53. The molecule has 0 fully saturated rings. The fraction of sp³-hybridized carbons (Fsp3) is 0.176. The standard InChI is InChI=1S/C17H12ClF3N2O3/c18-11-7-5-10(6-8-11)16(26)9-14(17(19,20)21)22-23(16)15(25)12-3-1-2-4-13(12)24/h1-8,24,26H,9H2/t16-/m1/s1. The molecule has 0 saturated heterocycles. The summed E-state index contributed by atoms with van der Waals surface area (Å²) in [7, 11) is 0. The van der Waals surface area contributed by atoms with Gasteiger partial charge in [-0.15, -0.1) is 0 Å². The van der Waals surface area contributed by atoms with Crippen LogP contribution in [0.15, 0.2) is 53.6 Å². The van der Waals surface area contributed by atoms with E-state index in [1.807, 2.05) is 0 Å². The molecule has 2 aromatic carbocycles. The fourth-order valence-corrected chi connectivity index (χ4v) is 2.75. The molecule has 2 N–H and O–H groups in total. The Morgan fingerprint density at radius 3 is 2.35 bits per heavy atom. The van der Waals surface area contributed by atoms with E-state index in [9.17, 15) is 28.2 Å². The Morgan fingerprint density at radius 2 is 1.77 bits per heavy atom. The number of halogens is 4. The fourth-order valence-electron chi connectivity index (χ4n) is 2.63. The molecule has 1 heterocycles. The zero-order chi connectivity index (χ0) is 19.1. The number of amides is 1. The second-order valence-electron chi connectivity index (χ2n) is 5.68. The van der Waals surface area contributed by atoms with Crippen LogP contribution in [0.3, 0.4) is 0 Å². The Labute approximate surface area is 150 Å². The van der Waals surface area contributed by atoms with Gasteiger partial charge in [0.1, 0.15) is 11.5 Å². The van der Waals surface area contributed by atoms with E-state index in [0.29, 0.717) is 10.0 Å². The van der Waals surface area contributed by atoms with Crippen molar-refractivity contribution in [3.8, 4) is 5.75 Å². The number of rotatable bonds is 2. The molecule has 1 aliphatic rings. The van der Waals surface area contributed by atoms with Gasteiger partial charge in [-0.1, -0.05) is 35.9 Å². The monoisotopic (exact) mass is 384 g/mol. The van der Waals surface area contributed by atoms with Crippen LogP contribution >= 0.6 is 11.6 Å². The van der Waals surface area contributed by atoms with Crippen molar-refractivity contribution in [3.63, 3.8) is 0 Å². The Kier molecular flexibility index (Phi) is 4.41. The molecule has 1 amide bonds. The van der Waals surface area contributed by atoms with Crippen LogP contribution in [0.4, 0.5) is 13.2 Å². The quantitative estimate of drug-likeness (QED) is 0.830. The number of para-hydroxylation sites is 1. The summed E-state index contributed by atoms with van der Waals surface area (Å²) < 4.78 is 39.5. The van der Waals surface area contributed by atoms with Gasteiger partial charge in [0.05, 0.1) is 12.0 Å². The first-order chi connectivity index (χ1) is 12.1. The number of nitrogens with zero attached hydrogens (tertiary/aromatic N) is 2. The summed E-state index contributed by atoms with van der Waals surface area (Å²) in [6.45, 7) is 0. The van der Waals surface area contributed by atoms with Crippen LogP contribution in [-0.2, 0) is 5.72 Å². The van der Waals surface area contributed by atoms with Gasteiger partial charge >= 0.3 is 6.18 Å². The van der Waals surface area contributed by atoms with Crippen molar-refractivity contribution in [2.45, 2.75) is 18.3 Å². The van der Waals surface area contributed by atoms with Gasteiger partial charge in [-0.3, -0.25) is 4.79 Å². The molecule has 9 heteroatoms. The van der Waals surface area contributed by atoms with E-state index in [4.69, 9.17) is 11.6 Å². The minimum atomic E-state index is -4.83. The van der Waals surface area contributed by atoms with Crippen LogP contribution in [-0.4, -0.2) is 33.0 Å². The molecule has 0 aliphatic carbocycles. The van der Waals surface area contributed by atoms with Crippen molar-refractivity contribution < 1.29 is 28.2 Å². The van der Waals surface area contributed by atoms with Crippen LogP contribution < -0.4 is 0 Å². The van der Waals surface area contributed by atoms with Crippen LogP contribution in [0.2, 0.25) is 5.02 Å². The molecule has 0 radical (unpaired) electrons. The number of aliphatic hydroxyl groups is 1. The van der Waals surface area contributed by atoms with Crippen molar-refractivity contribution in [1.82, 2.24) is 5.01 Å². The lowest BCUT2D eigenvalue weighted by Gasteiger charge is -2.31. The van der Waals surface area contributed by atoms with Crippen LogP contribution in [0, 0.1) is 0 Å². The number of aromatic hydroxyl groups is 1. The van der Waals surface area contributed by atoms with Gasteiger partial charge in [0.15, 0.2) is 5.72 Å². The van der Waals surface area contributed by atoms with Crippen LogP contribution in [0.25, 0.3) is 0 Å². The minimum absolute atomic E-state index is 0.00803. The van der Waals surface area contributed by atoms with Crippen molar-refractivity contribution in [2.75, 3.05) is 0 Å². The number of carbonyl (C=O) groups excluding carboxylic acids is 1. The van der Waals surface area contributed by atoms with E-state index in [0.717, 1.165) is 0 Å². The third-order valence-corrected chi connectivity index (χ3v) is 4.20. The zero-order valence-electron chi connectivity index (χ0n) is 13.0. The maximum absolute atomic E-state index is 13.2. The van der Waals surface area contributed by atoms with E-state index in [1.165, 1.54) is 48.5 Å². The van der Waals surface area contributed by atoms with Gasteiger partial charge in [0, 0.05) is 10.6 Å². The highest BCUT2D eigenvalue weighted by Crippen LogP contribution is 2.41. The third kappa shape index (κ3) is 3.13. The van der Waals surface area contributed by atoms with Gasteiger partial charge in [-0.25, -0.2) is 0 Å². The number of phenolic OH excluding ortho intramolecular Hbond substituents is 1. The van der Waals surface area contributed by atoms with Gasteiger partial charge in [-0.05, 0) is 24.3 Å². The molecule has 1 atom stereocenters. The average molecular weight is 385 g/mol. The van der Waals surface area contributed by atoms with Crippen molar-refractivity contribution in [1.29, 1.82) is 0 Å². The minimum Gasteiger partial charge on any atom is -0.507 e. The molecule has 3 rings (SSSR count). The van der Waals surface area contributed by atoms with Crippen molar-refractivity contribution in [3.05, 3.63) is 64.7 Å². The summed E-state index contributed by atoms with van der Waals surface area (Å²) in [6.07, 6.45) is -5.77. The SMILES string of the molecule is O=C(c1ccccc1O)N1N=C(C(F)(F)F)C[C@@]1(O)c1ccc(Cl)cc1. The first-order valence-corrected chi connectivity index (χ1v) is 7.76. The summed E-state index contributed by atoms with van der Waals surface area (Å²) in [5, 5.41) is 24.7. The molecule has 0 saturated carbocycles. The number of hydrazone groups is 1. The van der Waals surface area contributed by atoms with Crippen molar-refractivity contribution in [2.24, 2.45) is 5.10 Å². The molecule has 0 unspecified atom stereocenters. The topological polar surface area (TPSA) is 73.1 Å². The van der Waals surface area contributed by atoms with Crippen LogP contribution in [0.1, 0.15) is 22.3 Å². The van der Waals surface area contributed by atoms with E-state index in [2.05, 4.69) is 5.10 Å². The lowest BCUT2D eigenvalue weighted by atomic mass is 9.96. The van der Waals surface area contributed by atoms with E-state index >= 15 is 0 Å². The largest absolute Gasteiger partial charge is 0.507 e. The number of hydrogen-bond acceptors (Lipinski definition) is 4. The maximum atomic E-state index is 13.2. The molecular weight excluding hydrogens is 373 g/mol. The van der Waals surface area contributed by atoms with Gasteiger partial charge in [-0.2, -0.15) is 23.3 Å². The van der Waals surface area contributed by atoms with Gasteiger partial charge in [0.2, 0.25) is 0 Å². The highest BCUT2D eigenvalue weighted by molar-refractivity contribution is 6.30. The number of benzene rings is 2. The normalized spacial score (nSPS) is 20.2. The summed E-state index contributed by atoms with van der Waals surface area (Å²) >= 11 is 5.78. The molecule has 136 valence electrons. The second kappa shape index (κ2) is 6.30. The lowest BCUT2D eigenvalue weighted by Crippen LogP contribution is -2.43. The smallest absolute Gasteiger partial charge is 0.431 e. The second-order valence-corrected chi connectivity index (χ2v) is 6.12. The number of carbonyl (C=O) groups is 1. The summed E-state index contributed by atoms with van der Waals surface area (Å²) in [5.41, 5.74) is -3.95. The Morgan fingerprint density at radius 1 is 1.15 bits per heavy atom. The molecule has 0 bridgehead atoms. The molecule has 26 heavy (non-hydrogen) atoms. The van der Waals surface area contributed by atoms with Crippen molar-refractivity contribution >= 4 is 23.2 Å². The Bertz CT molecular complexity index is 884. The predicted molar refractivity (Wildman–Crippen MR) is 87.7 cm³/mol. The third-order valence-electron chi connectivity index (χ3n) is 3.95. The summed E-state index contributed by atoms with van der Waals surface area (Å²) in [4.78, 5) is 12.7. The maximum Gasteiger partial charge on any atom is 0.431 e.